The molecule has 0 radical (unpaired) electrons. The first-order valence-corrected chi connectivity index (χ1v) is 7.38. The molecule has 0 fully saturated rings. The van der Waals surface area contributed by atoms with Gasteiger partial charge in [0.25, 0.3) is 11.8 Å². The molecular formula is C16H24N2O5. The van der Waals surface area contributed by atoms with Gasteiger partial charge in [0, 0.05) is 13.1 Å². The van der Waals surface area contributed by atoms with E-state index in [0.29, 0.717) is 5.56 Å². The largest absolute Gasteiger partial charge is 0.506 e. The fourth-order valence-corrected chi connectivity index (χ4v) is 1.94. The zero-order chi connectivity index (χ0) is 17.6. The van der Waals surface area contributed by atoms with Crippen molar-refractivity contribution >= 4 is 11.8 Å². The van der Waals surface area contributed by atoms with Crippen molar-refractivity contribution in [3.8, 4) is 5.75 Å². The van der Waals surface area contributed by atoms with E-state index in [1.165, 1.54) is 12.1 Å². The molecule has 0 aliphatic carbocycles. The van der Waals surface area contributed by atoms with Gasteiger partial charge in [-0.2, -0.15) is 0 Å². The molecule has 0 aromatic heterocycles. The second-order valence-corrected chi connectivity index (χ2v) is 6.13. The Labute approximate surface area is 135 Å². The molecule has 1 rings (SSSR count). The van der Waals surface area contributed by atoms with Gasteiger partial charge in [-0.25, -0.2) is 0 Å². The van der Waals surface area contributed by atoms with Crippen LogP contribution in [0.25, 0.3) is 0 Å². The van der Waals surface area contributed by atoms with Gasteiger partial charge in [0.1, 0.15) is 5.75 Å². The minimum Gasteiger partial charge on any atom is -0.506 e. The number of phenols is 1. The molecule has 0 bridgehead atoms. The molecule has 0 heterocycles. The Morgan fingerprint density at radius 3 is 1.65 bits per heavy atom. The summed E-state index contributed by atoms with van der Waals surface area (Å²) in [5.41, 5.74) is 0.310. The number of amides is 2. The van der Waals surface area contributed by atoms with Gasteiger partial charge >= 0.3 is 0 Å². The minimum atomic E-state index is -0.571. The number of carbonyl (C=O) groups excluding carboxylic acids is 2. The molecule has 7 heteroatoms. The highest BCUT2D eigenvalue weighted by atomic mass is 16.3. The van der Waals surface area contributed by atoms with E-state index < -0.39 is 17.6 Å². The topological polar surface area (TPSA) is 119 Å². The first-order chi connectivity index (χ1) is 10.7. The minimum absolute atomic E-state index is 0.0278. The van der Waals surface area contributed by atoms with Gasteiger partial charge in [0.05, 0.1) is 24.3 Å². The lowest BCUT2D eigenvalue weighted by molar-refractivity contribution is 0.0939. The number of benzene rings is 1. The van der Waals surface area contributed by atoms with E-state index in [1.807, 2.05) is 20.8 Å². The Bertz CT molecular complexity index is 537. The molecule has 0 unspecified atom stereocenters. The molecule has 5 N–H and O–H groups in total. The van der Waals surface area contributed by atoms with E-state index >= 15 is 0 Å². The lowest BCUT2D eigenvalue weighted by atomic mass is 9.84. The number of aromatic hydroxyl groups is 1. The van der Waals surface area contributed by atoms with Crippen LogP contribution in [0.1, 0.15) is 47.1 Å². The average Bonchev–Trinajstić information content (AvgIpc) is 2.49. The summed E-state index contributed by atoms with van der Waals surface area (Å²) in [6.45, 7) is 5.40. The highest BCUT2D eigenvalue weighted by Crippen LogP contribution is 2.31. The summed E-state index contributed by atoms with van der Waals surface area (Å²) in [4.78, 5) is 24.3. The predicted octanol–water partition coefficient (Wildman–Crippen LogP) is 0.134. The Balaban J connectivity index is 3.33. The van der Waals surface area contributed by atoms with Crippen molar-refractivity contribution in [3.05, 3.63) is 28.8 Å². The number of carbonyl (C=O) groups is 2. The number of rotatable bonds is 6. The molecular weight excluding hydrogens is 300 g/mol. The molecule has 0 aliphatic rings. The Hall–Kier alpha value is -2.12. The van der Waals surface area contributed by atoms with Crippen LogP contribution in [0.2, 0.25) is 0 Å². The highest BCUT2D eigenvalue weighted by Gasteiger charge is 2.24. The molecule has 0 aliphatic heterocycles. The maximum atomic E-state index is 12.1. The van der Waals surface area contributed by atoms with Crippen LogP contribution in [0, 0.1) is 0 Å². The third-order valence-corrected chi connectivity index (χ3v) is 3.26. The van der Waals surface area contributed by atoms with Crippen molar-refractivity contribution in [3.63, 3.8) is 0 Å². The number of aliphatic hydroxyl groups is 2. The maximum absolute atomic E-state index is 12.1. The smallest absolute Gasteiger partial charge is 0.255 e. The average molecular weight is 324 g/mol. The molecule has 0 saturated carbocycles. The van der Waals surface area contributed by atoms with Crippen molar-refractivity contribution in [2.75, 3.05) is 26.3 Å². The summed E-state index contributed by atoms with van der Waals surface area (Å²) < 4.78 is 0. The van der Waals surface area contributed by atoms with Crippen molar-refractivity contribution in [1.82, 2.24) is 10.6 Å². The zero-order valence-electron chi connectivity index (χ0n) is 13.6. The number of hydrogen-bond acceptors (Lipinski definition) is 5. The predicted molar refractivity (Wildman–Crippen MR) is 85.6 cm³/mol. The number of phenolic OH excluding ortho intramolecular Hbond substituents is 1. The Morgan fingerprint density at radius 2 is 1.35 bits per heavy atom. The summed E-state index contributed by atoms with van der Waals surface area (Å²) in [5.74, 6) is -1.57. The molecule has 23 heavy (non-hydrogen) atoms. The van der Waals surface area contributed by atoms with Crippen LogP contribution in [-0.4, -0.2) is 53.4 Å². The zero-order valence-corrected chi connectivity index (χ0v) is 13.6. The second kappa shape index (κ2) is 7.94. The van der Waals surface area contributed by atoms with Crippen LogP contribution < -0.4 is 10.6 Å². The van der Waals surface area contributed by atoms with E-state index in [-0.39, 0.29) is 42.8 Å². The van der Waals surface area contributed by atoms with Gasteiger partial charge in [0.2, 0.25) is 0 Å². The van der Waals surface area contributed by atoms with Crippen LogP contribution in [-0.2, 0) is 5.41 Å². The van der Waals surface area contributed by atoms with Gasteiger partial charge in [-0.3, -0.25) is 9.59 Å². The monoisotopic (exact) mass is 324 g/mol. The lowest BCUT2D eigenvalue weighted by Gasteiger charge is -2.22. The molecule has 0 atom stereocenters. The summed E-state index contributed by atoms with van der Waals surface area (Å²) in [6.07, 6.45) is 0. The molecule has 2 amide bonds. The van der Waals surface area contributed by atoms with Gasteiger partial charge < -0.3 is 26.0 Å². The highest BCUT2D eigenvalue weighted by molar-refractivity contribution is 6.04. The fraction of sp³-hybridized carbons (Fsp3) is 0.500. The van der Waals surface area contributed by atoms with E-state index in [0.717, 1.165) is 0 Å². The van der Waals surface area contributed by atoms with Crippen LogP contribution >= 0.6 is 0 Å². The van der Waals surface area contributed by atoms with Crippen LogP contribution in [0.3, 0.4) is 0 Å². The lowest BCUT2D eigenvalue weighted by Crippen LogP contribution is -2.30. The van der Waals surface area contributed by atoms with Crippen LogP contribution in [0.4, 0.5) is 0 Å². The Morgan fingerprint density at radius 1 is 0.957 bits per heavy atom. The molecule has 0 saturated heterocycles. The SMILES string of the molecule is CC(C)(C)c1cc(C(=O)NCCO)c(O)c(C(=O)NCCO)c1. The maximum Gasteiger partial charge on any atom is 0.255 e. The van der Waals surface area contributed by atoms with E-state index in [9.17, 15) is 14.7 Å². The fourth-order valence-electron chi connectivity index (χ4n) is 1.94. The van der Waals surface area contributed by atoms with Crippen molar-refractivity contribution < 1.29 is 24.9 Å². The first kappa shape index (κ1) is 18.9. The van der Waals surface area contributed by atoms with E-state index in [2.05, 4.69) is 10.6 Å². The van der Waals surface area contributed by atoms with Gasteiger partial charge in [-0.05, 0) is 23.1 Å². The van der Waals surface area contributed by atoms with E-state index in [1.54, 1.807) is 0 Å². The molecule has 128 valence electrons. The van der Waals surface area contributed by atoms with Crippen LogP contribution in [0.5, 0.6) is 5.75 Å². The standard InChI is InChI=1S/C16H24N2O5/c1-16(2,3)10-8-11(14(22)17-4-6-19)13(21)12(9-10)15(23)18-5-7-20/h8-9,19-21H,4-7H2,1-3H3,(H,17,22)(H,18,23). The molecule has 7 nitrogen and oxygen atoms in total. The number of aliphatic hydroxyl groups excluding tert-OH is 2. The van der Waals surface area contributed by atoms with Gasteiger partial charge in [-0.15, -0.1) is 0 Å². The van der Waals surface area contributed by atoms with Crippen molar-refractivity contribution in [1.29, 1.82) is 0 Å². The molecule has 1 aromatic rings. The third kappa shape index (κ3) is 4.94. The number of nitrogens with one attached hydrogen (secondary N) is 2. The first-order valence-electron chi connectivity index (χ1n) is 7.38. The quantitative estimate of drug-likeness (QED) is 0.510. The van der Waals surface area contributed by atoms with Crippen molar-refractivity contribution in [2.24, 2.45) is 0 Å². The summed E-state index contributed by atoms with van der Waals surface area (Å²) >= 11 is 0. The molecule has 0 spiro atoms. The number of hydrogen-bond donors (Lipinski definition) is 5. The molecule has 1 aromatic carbocycles. The van der Waals surface area contributed by atoms with E-state index in [4.69, 9.17) is 10.2 Å². The third-order valence-electron chi connectivity index (χ3n) is 3.26. The van der Waals surface area contributed by atoms with Gasteiger partial charge in [-0.1, -0.05) is 20.8 Å². The van der Waals surface area contributed by atoms with Gasteiger partial charge in [0.15, 0.2) is 0 Å². The summed E-state index contributed by atoms with van der Waals surface area (Å²) in [6, 6.07) is 3.07. The Kier molecular flexibility index (Phi) is 6.53. The van der Waals surface area contributed by atoms with Crippen LogP contribution in [0.15, 0.2) is 12.1 Å². The normalized spacial score (nSPS) is 11.2. The summed E-state index contributed by atoms with van der Waals surface area (Å²) in [7, 11) is 0. The van der Waals surface area contributed by atoms with Crippen molar-refractivity contribution in [2.45, 2.75) is 26.2 Å². The second-order valence-electron chi connectivity index (χ2n) is 6.13. The summed E-state index contributed by atoms with van der Waals surface area (Å²) in [5, 5.41) is 32.8.